The lowest BCUT2D eigenvalue weighted by molar-refractivity contribution is -0.385. The van der Waals surface area contributed by atoms with Gasteiger partial charge in [0.2, 0.25) is 0 Å². The van der Waals surface area contributed by atoms with Gasteiger partial charge < -0.3 is 15.6 Å². The van der Waals surface area contributed by atoms with E-state index < -0.39 is 16.7 Å². The molecule has 0 saturated carbocycles. The molecule has 0 bridgehead atoms. The van der Waals surface area contributed by atoms with Crippen molar-refractivity contribution in [2.24, 2.45) is 0 Å². The van der Waals surface area contributed by atoms with Crippen LogP contribution >= 0.6 is 0 Å². The van der Waals surface area contributed by atoms with Crippen LogP contribution in [0.5, 0.6) is 0 Å². The van der Waals surface area contributed by atoms with Crippen molar-refractivity contribution in [2.45, 2.75) is 0 Å². The van der Waals surface area contributed by atoms with Gasteiger partial charge in [0.15, 0.2) is 0 Å². The van der Waals surface area contributed by atoms with Crippen molar-refractivity contribution >= 4 is 40.2 Å². The second-order valence-electron chi connectivity index (χ2n) is 6.93. The molecular formula is C24H18N4O4. The maximum absolute atomic E-state index is 13.1. The maximum Gasteiger partial charge on any atom is 0.276 e. The van der Waals surface area contributed by atoms with E-state index in [-0.39, 0.29) is 16.9 Å². The molecule has 4 rings (SSSR count). The molecule has 1 aromatic heterocycles. The number of rotatable bonds is 6. The predicted molar refractivity (Wildman–Crippen MR) is 122 cm³/mol. The van der Waals surface area contributed by atoms with Gasteiger partial charge in [-0.05, 0) is 47.9 Å². The van der Waals surface area contributed by atoms with Crippen molar-refractivity contribution in [3.05, 3.63) is 112 Å². The number of para-hydroxylation sites is 1. The minimum absolute atomic E-state index is 0.125. The lowest BCUT2D eigenvalue weighted by atomic mass is 10.1. The fraction of sp³-hybridized carbons (Fsp3) is 0. The number of H-pyrrole nitrogens is 1. The van der Waals surface area contributed by atoms with Crippen LogP contribution in [-0.2, 0) is 4.79 Å². The summed E-state index contributed by atoms with van der Waals surface area (Å²) in [5.41, 5.74) is 1.57. The van der Waals surface area contributed by atoms with Gasteiger partial charge in [0.25, 0.3) is 17.5 Å². The molecule has 8 heteroatoms. The Labute approximate surface area is 182 Å². The number of carbonyl (C=O) groups excluding carboxylic acids is 2. The Morgan fingerprint density at radius 1 is 0.938 bits per heavy atom. The van der Waals surface area contributed by atoms with Crippen LogP contribution < -0.4 is 10.6 Å². The first-order chi connectivity index (χ1) is 15.5. The number of carbonyl (C=O) groups is 2. The number of nitrogens with one attached hydrogen (secondary N) is 3. The Bertz CT molecular complexity index is 1340. The molecule has 0 aliphatic carbocycles. The fourth-order valence-corrected chi connectivity index (χ4v) is 3.20. The fourth-order valence-electron chi connectivity index (χ4n) is 3.20. The average Bonchev–Trinajstić information content (AvgIpc) is 3.27. The molecule has 8 nitrogen and oxygen atoms in total. The molecule has 0 aliphatic heterocycles. The van der Waals surface area contributed by atoms with Crippen LogP contribution in [0.4, 0.5) is 11.4 Å². The summed E-state index contributed by atoms with van der Waals surface area (Å²) >= 11 is 0. The third kappa shape index (κ3) is 4.54. The lowest BCUT2D eigenvalue weighted by Crippen LogP contribution is -2.30. The molecular weight excluding hydrogens is 408 g/mol. The van der Waals surface area contributed by atoms with Gasteiger partial charge in [-0.15, -0.1) is 0 Å². The van der Waals surface area contributed by atoms with E-state index in [9.17, 15) is 19.7 Å². The molecule has 4 aromatic rings. The Balaban J connectivity index is 1.68. The molecule has 0 spiro atoms. The van der Waals surface area contributed by atoms with E-state index in [0.717, 1.165) is 10.9 Å². The molecule has 0 aliphatic rings. The lowest BCUT2D eigenvalue weighted by Gasteiger charge is -2.12. The average molecular weight is 426 g/mol. The number of aromatic amines is 1. The number of aromatic nitrogens is 1. The van der Waals surface area contributed by atoms with E-state index in [4.69, 9.17) is 0 Å². The minimum Gasteiger partial charge on any atom is -0.361 e. The number of amides is 2. The summed E-state index contributed by atoms with van der Waals surface area (Å²) in [4.78, 5) is 39.7. The summed E-state index contributed by atoms with van der Waals surface area (Å²) in [7, 11) is 0. The highest BCUT2D eigenvalue weighted by Crippen LogP contribution is 2.22. The highest BCUT2D eigenvalue weighted by molar-refractivity contribution is 6.11. The third-order valence-corrected chi connectivity index (χ3v) is 4.77. The van der Waals surface area contributed by atoms with E-state index in [1.807, 2.05) is 12.1 Å². The number of fused-ring (bicyclic) bond motifs is 1. The van der Waals surface area contributed by atoms with Crippen LogP contribution in [0.3, 0.4) is 0 Å². The summed E-state index contributed by atoms with van der Waals surface area (Å²) in [6.45, 7) is 0. The highest BCUT2D eigenvalue weighted by Gasteiger charge is 2.18. The quantitative estimate of drug-likeness (QED) is 0.239. The van der Waals surface area contributed by atoms with Crippen molar-refractivity contribution < 1.29 is 14.5 Å². The van der Waals surface area contributed by atoms with Gasteiger partial charge in [-0.3, -0.25) is 19.7 Å². The van der Waals surface area contributed by atoms with Gasteiger partial charge in [0.05, 0.1) is 10.5 Å². The third-order valence-electron chi connectivity index (χ3n) is 4.77. The van der Waals surface area contributed by atoms with Gasteiger partial charge in [-0.1, -0.05) is 36.4 Å². The first-order valence-electron chi connectivity index (χ1n) is 9.71. The highest BCUT2D eigenvalue weighted by atomic mass is 16.6. The van der Waals surface area contributed by atoms with Crippen molar-refractivity contribution in [3.8, 4) is 0 Å². The summed E-state index contributed by atoms with van der Waals surface area (Å²) < 4.78 is 0. The molecule has 0 atom stereocenters. The summed E-state index contributed by atoms with van der Waals surface area (Å²) in [5, 5.41) is 17.7. The SMILES string of the molecule is O=C(Nc1ccc2cc[nH]c2c1)/C(=C\c1ccccc1[N+](=O)[O-])NC(=O)c1ccccc1. The maximum atomic E-state index is 13.1. The van der Waals surface area contributed by atoms with Crippen LogP contribution in [0.15, 0.2) is 90.8 Å². The smallest absolute Gasteiger partial charge is 0.276 e. The number of hydrogen-bond donors (Lipinski definition) is 3. The van der Waals surface area contributed by atoms with Crippen LogP contribution in [0.2, 0.25) is 0 Å². The first kappa shape index (κ1) is 20.5. The van der Waals surface area contributed by atoms with Gasteiger partial charge in [-0.25, -0.2) is 0 Å². The first-order valence-corrected chi connectivity index (χ1v) is 9.71. The van der Waals surface area contributed by atoms with Crippen molar-refractivity contribution in [2.75, 3.05) is 5.32 Å². The number of nitrogens with zero attached hydrogens (tertiary/aromatic N) is 1. The number of nitro benzene ring substituents is 1. The standard InChI is InChI=1S/C24H18N4O4/c29-23(17-6-2-1-3-7-17)27-21(14-18-8-4-5-9-22(18)28(31)32)24(30)26-19-11-10-16-12-13-25-20(16)15-19/h1-15,25H,(H,26,30)(H,27,29)/b21-14+. The summed E-state index contributed by atoms with van der Waals surface area (Å²) in [6.07, 6.45) is 3.08. The molecule has 158 valence electrons. The van der Waals surface area contributed by atoms with Gasteiger partial charge in [0, 0.05) is 29.0 Å². The topological polar surface area (TPSA) is 117 Å². The largest absolute Gasteiger partial charge is 0.361 e. The van der Waals surface area contributed by atoms with Crippen molar-refractivity contribution in [1.29, 1.82) is 0 Å². The number of hydrogen-bond acceptors (Lipinski definition) is 4. The molecule has 2 amide bonds. The van der Waals surface area contributed by atoms with Crippen LogP contribution in [0, 0.1) is 10.1 Å². The Morgan fingerprint density at radius 3 is 2.47 bits per heavy atom. The minimum atomic E-state index is -0.613. The van der Waals surface area contributed by atoms with E-state index in [2.05, 4.69) is 15.6 Å². The molecule has 32 heavy (non-hydrogen) atoms. The van der Waals surface area contributed by atoms with E-state index >= 15 is 0 Å². The van der Waals surface area contributed by atoms with Crippen LogP contribution in [0.25, 0.3) is 17.0 Å². The Kier molecular flexibility index (Phi) is 5.76. The second-order valence-corrected chi connectivity index (χ2v) is 6.93. The van der Waals surface area contributed by atoms with E-state index in [1.165, 1.54) is 24.3 Å². The van der Waals surface area contributed by atoms with Crippen molar-refractivity contribution in [3.63, 3.8) is 0 Å². The molecule has 0 radical (unpaired) electrons. The van der Waals surface area contributed by atoms with Crippen molar-refractivity contribution in [1.82, 2.24) is 10.3 Å². The predicted octanol–water partition coefficient (Wildman–Crippen LogP) is 4.49. The van der Waals surface area contributed by atoms with E-state index in [0.29, 0.717) is 11.3 Å². The number of nitro groups is 1. The molecule has 3 aromatic carbocycles. The van der Waals surface area contributed by atoms with Crippen LogP contribution in [0.1, 0.15) is 15.9 Å². The molecule has 0 unspecified atom stereocenters. The summed E-state index contributed by atoms with van der Waals surface area (Å²) in [5.74, 6) is -1.12. The zero-order valence-corrected chi connectivity index (χ0v) is 16.7. The van der Waals surface area contributed by atoms with Gasteiger partial charge >= 0.3 is 0 Å². The van der Waals surface area contributed by atoms with Gasteiger partial charge in [-0.2, -0.15) is 0 Å². The molecule has 0 fully saturated rings. The molecule has 3 N–H and O–H groups in total. The monoisotopic (exact) mass is 426 g/mol. The number of anilines is 1. The second kappa shape index (κ2) is 8.97. The van der Waals surface area contributed by atoms with Gasteiger partial charge in [0.1, 0.15) is 5.70 Å². The summed E-state index contributed by atoms with van der Waals surface area (Å²) in [6, 6.07) is 21.6. The Morgan fingerprint density at radius 2 is 1.69 bits per heavy atom. The van der Waals surface area contributed by atoms with Crippen LogP contribution in [-0.4, -0.2) is 21.7 Å². The number of benzene rings is 3. The van der Waals surface area contributed by atoms with E-state index in [1.54, 1.807) is 54.7 Å². The molecule has 1 heterocycles. The Hall–Kier alpha value is -4.72. The zero-order valence-electron chi connectivity index (χ0n) is 16.7. The zero-order chi connectivity index (χ0) is 22.5. The molecule has 0 saturated heterocycles. The normalized spacial score (nSPS) is 11.2.